The number of sulfonamides is 1. The predicted octanol–water partition coefficient (Wildman–Crippen LogP) is 6.36. The maximum absolute atomic E-state index is 13.6. The number of alkyl halides is 3. The zero-order valence-corrected chi connectivity index (χ0v) is 23.6. The van der Waals surface area contributed by atoms with Crippen molar-refractivity contribution in [2.75, 3.05) is 6.54 Å². The largest absolute Gasteiger partial charge is 0.443 e. The fourth-order valence-electron chi connectivity index (χ4n) is 5.24. The van der Waals surface area contributed by atoms with E-state index in [2.05, 4.69) is 0 Å². The van der Waals surface area contributed by atoms with Crippen LogP contribution in [0.5, 0.6) is 0 Å². The average molecular weight is 605 g/mol. The Morgan fingerprint density at radius 1 is 1.07 bits per heavy atom. The summed E-state index contributed by atoms with van der Waals surface area (Å²) >= 11 is 0. The molecule has 1 saturated heterocycles. The quantitative estimate of drug-likeness (QED) is 0.219. The summed E-state index contributed by atoms with van der Waals surface area (Å²) in [7, 11) is -4.17. The molecule has 2 aromatic heterocycles. The molecule has 0 bridgehead atoms. The molecule has 1 atom stereocenters. The van der Waals surface area contributed by atoms with Crippen molar-refractivity contribution in [3.63, 3.8) is 0 Å². The third kappa shape index (κ3) is 5.78. The molecule has 0 N–H and O–H groups in total. The highest BCUT2D eigenvalue weighted by Gasteiger charge is 2.40. The number of aromatic nitrogens is 1. The smallest absolute Gasteiger partial charge is 0.416 e. The number of pyridine rings is 1. The van der Waals surface area contributed by atoms with Gasteiger partial charge in [0.2, 0.25) is 5.09 Å². The summed E-state index contributed by atoms with van der Waals surface area (Å²) in [6.07, 6.45) is -1.93. The Labute approximate surface area is 239 Å². The number of benzene rings is 2. The Kier molecular flexibility index (Phi) is 7.88. The van der Waals surface area contributed by atoms with Crippen LogP contribution < -0.4 is 5.56 Å². The number of furan rings is 1. The van der Waals surface area contributed by atoms with E-state index in [9.17, 15) is 35.6 Å². The number of ketones is 1. The number of carbonyl (C=O) groups is 1. The second-order valence-electron chi connectivity index (χ2n) is 10.6. The Morgan fingerprint density at radius 2 is 1.79 bits per heavy atom. The number of carbonyl (C=O) groups excluding carboxylic acids is 1. The topological polar surface area (TPSA) is 89.6 Å². The van der Waals surface area contributed by atoms with Gasteiger partial charge in [-0.3, -0.25) is 9.59 Å². The maximum Gasteiger partial charge on any atom is 0.416 e. The van der Waals surface area contributed by atoms with Gasteiger partial charge in [0.15, 0.2) is 5.78 Å². The Balaban J connectivity index is 1.37. The van der Waals surface area contributed by atoms with Crippen LogP contribution in [0.2, 0.25) is 0 Å². The summed E-state index contributed by atoms with van der Waals surface area (Å²) in [5.74, 6) is -0.844. The lowest BCUT2D eigenvalue weighted by molar-refractivity contribution is -0.137. The molecule has 0 aliphatic carbocycles. The van der Waals surface area contributed by atoms with Crippen LogP contribution in [-0.2, 0) is 27.4 Å². The Morgan fingerprint density at radius 3 is 2.45 bits per heavy atom. The van der Waals surface area contributed by atoms with Crippen molar-refractivity contribution < 1.29 is 35.2 Å². The predicted molar refractivity (Wildman–Crippen MR) is 148 cm³/mol. The van der Waals surface area contributed by atoms with Gasteiger partial charge in [0.1, 0.15) is 11.4 Å². The lowest BCUT2D eigenvalue weighted by Crippen LogP contribution is -2.40. The normalized spacial score (nSPS) is 16.5. The molecule has 2 aromatic carbocycles. The molecule has 4 aromatic rings. The van der Waals surface area contributed by atoms with Crippen molar-refractivity contribution in [1.82, 2.24) is 8.87 Å². The molecule has 0 saturated carbocycles. The van der Waals surface area contributed by atoms with Crippen LogP contribution in [-0.4, -0.2) is 35.7 Å². The number of Topliss-reactive ketones (excluding diaryl/α,β-unsaturated/α-hetero) is 1. The van der Waals surface area contributed by atoms with E-state index in [-0.39, 0.29) is 53.0 Å². The molecular formula is C30H28F4N2O5S. The number of hydrogen-bond acceptors (Lipinski definition) is 5. The van der Waals surface area contributed by atoms with E-state index < -0.39 is 33.6 Å². The molecule has 12 heteroatoms. The average Bonchev–Trinajstić information content (AvgIpc) is 3.60. The van der Waals surface area contributed by atoms with E-state index in [0.717, 1.165) is 22.5 Å². The molecule has 0 radical (unpaired) electrons. The fourth-order valence-corrected chi connectivity index (χ4v) is 6.87. The van der Waals surface area contributed by atoms with E-state index in [0.29, 0.717) is 29.4 Å². The van der Waals surface area contributed by atoms with E-state index in [1.807, 2.05) is 0 Å². The summed E-state index contributed by atoms with van der Waals surface area (Å²) in [5.41, 5.74) is 0.129. The first-order valence-electron chi connectivity index (χ1n) is 13.4. The second-order valence-corrected chi connectivity index (χ2v) is 12.5. The molecule has 7 nitrogen and oxygen atoms in total. The van der Waals surface area contributed by atoms with E-state index >= 15 is 0 Å². The van der Waals surface area contributed by atoms with Gasteiger partial charge in [-0.1, -0.05) is 12.1 Å². The molecule has 1 aliphatic rings. The van der Waals surface area contributed by atoms with Gasteiger partial charge in [0.05, 0.1) is 11.6 Å². The van der Waals surface area contributed by atoms with Crippen molar-refractivity contribution in [2.45, 2.75) is 62.9 Å². The van der Waals surface area contributed by atoms with Crippen LogP contribution in [0.4, 0.5) is 17.6 Å². The summed E-state index contributed by atoms with van der Waals surface area (Å²) in [5, 5.41) is -0.0761. The van der Waals surface area contributed by atoms with Gasteiger partial charge >= 0.3 is 6.18 Å². The first-order valence-corrected chi connectivity index (χ1v) is 14.9. The second kappa shape index (κ2) is 11.1. The lowest BCUT2D eigenvalue weighted by atomic mass is 9.99. The van der Waals surface area contributed by atoms with Gasteiger partial charge in [-0.15, -0.1) is 0 Å². The van der Waals surface area contributed by atoms with Gasteiger partial charge in [-0.05, 0) is 80.6 Å². The number of nitrogens with zero attached hydrogens (tertiary/aromatic N) is 2. The number of aryl methyl sites for hydroxylation is 1. The molecule has 0 spiro atoms. The summed E-state index contributed by atoms with van der Waals surface area (Å²) in [6.45, 7) is 3.71. The van der Waals surface area contributed by atoms with Crippen molar-refractivity contribution in [3.8, 4) is 11.1 Å². The third-order valence-electron chi connectivity index (χ3n) is 7.43. The third-order valence-corrected chi connectivity index (χ3v) is 9.20. The summed E-state index contributed by atoms with van der Waals surface area (Å²) < 4.78 is 87.6. The van der Waals surface area contributed by atoms with Gasteiger partial charge in [-0.2, -0.15) is 17.5 Å². The van der Waals surface area contributed by atoms with Crippen LogP contribution in [0.3, 0.4) is 0 Å². The van der Waals surface area contributed by atoms with E-state index in [1.54, 1.807) is 26.1 Å². The molecule has 1 fully saturated rings. The highest BCUT2D eigenvalue weighted by molar-refractivity contribution is 7.89. The number of hydrogen-bond donors (Lipinski definition) is 0. The summed E-state index contributed by atoms with van der Waals surface area (Å²) in [4.78, 5) is 26.5. The van der Waals surface area contributed by atoms with Crippen LogP contribution in [0.1, 0.15) is 50.3 Å². The molecular weight excluding hydrogens is 576 g/mol. The standard InChI is InChI=1S/C30H28F4N2O5S/c1-18(2)35-17-19(14-24(29(35)38)20-6-8-22(9-7-20)30(32,33)34)5-11-26(37)25-4-3-13-36(25)42(39,40)28-16-21-15-23(31)10-12-27(21)41-28/h6-10,12,14-18,25H,3-5,11,13H2,1-2H3/t25-/m0/s1. The maximum atomic E-state index is 13.6. The highest BCUT2D eigenvalue weighted by atomic mass is 32.2. The van der Waals surface area contributed by atoms with E-state index in [4.69, 9.17) is 4.42 Å². The monoisotopic (exact) mass is 604 g/mol. The molecule has 3 heterocycles. The molecule has 5 rings (SSSR count). The van der Waals surface area contributed by atoms with Gasteiger partial charge in [-0.25, -0.2) is 12.8 Å². The zero-order valence-electron chi connectivity index (χ0n) is 22.8. The minimum Gasteiger partial charge on any atom is -0.443 e. The molecule has 0 unspecified atom stereocenters. The number of fused-ring (bicyclic) bond motifs is 1. The van der Waals surface area contributed by atoms with Crippen LogP contribution >= 0.6 is 0 Å². The number of rotatable bonds is 8. The van der Waals surface area contributed by atoms with Gasteiger partial charge in [0.25, 0.3) is 15.6 Å². The fraction of sp³-hybridized carbons (Fsp3) is 0.333. The zero-order chi connectivity index (χ0) is 30.4. The SMILES string of the molecule is CC(C)n1cc(CCC(=O)[C@@H]2CCCN2S(=O)(=O)c2cc3cc(F)ccc3o2)cc(-c2ccc(C(F)(F)F)cc2)c1=O. The first-order chi connectivity index (χ1) is 19.8. The minimum absolute atomic E-state index is 0.0230. The summed E-state index contributed by atoms with van der Waals surface area (Å²) in [6, 6.07) is 9.62. The van der Waals surface area contributed by atoms with Crippen molar-refractivity contribution in [1.29, 1.82) is 0 Å². The molecule has 1 aliphatic heterocycles. The minimum atomic E-state index is -4.51. The first kappa shape index (κ1) is 29.7. The van der Waals surface area contributed by atoms with Crippen LogP contribution in [0.25, 0.3) is 22.1 Å². The Hall–Kier alpha value is -3.77. The molecule has 42 heavy (non-hydrogen) atoms. The lowest BCUT2D eigenvalue weighted by Gasteiger charge is -2.22. The Bertz CT molecular complexity index is 1810. The van der Waals surface area contributed by atoms with Crippen LogP contribution in [0.15, 0.2) is 75.1 Å². The van der Waals surface area contributed by atoms with Crippen molar-refractivity contribution in [3.05, 3.63) is 88.1 Å². The van der Waals surface area contributed by atoms with Crippen molar-refractivity contribution in [2.24, 2.45) is 0 Å². The molecule has 0 amide bonds. The highest BCUT2D eigenvalue weighted by Crippen LogP contribution is 2.32. The van der Waals surface area contributed by atoms with Gasteiger partial charge in [0, 0.05) is 42.2 Å². The number of halogens is 4. The van der Waals surface area contributed by atoms with Crippen molar-refractivity contribution >= 4 is 26.8 Å². The molecule has 222 valence electrons. The van der Waals surface area contributed by atoms with Crippen LogP contribution in [0, 0.1) is 5.82 Å². The van der Waals surface area contributed by atoms with Gasteiger partial charge < -0.3 is 8.98 Å². The van der Waals surface area contributed by atoms with E-state index in [1.165, 1.54) is 34.9 Å².